The smallest absolute Gasteiger partial charge is 0.258 e. The van der Waals surface area contributed by atoms with Crippen molar-refractivity contribution >= 4 is 29.1 Å². The minimum atomic E-state index is -0.236. The van der Waals surface area contributed by atoms with E-state index in [2.05, 4.69) is 10.3 Å². The lowest BCUT2D eigenvalue weighted by Gasteiger charge is -2.13. The summed E-state index contributed by atoms with van der Waals surface area (Å²) in [5.74, 6) is 0.618. The highest BCUT2D eigenvalue weighted by molar-refractivity contribution is 8.00. The topological polar surface area (TPSA) is 68.3 Å². The molecule has 0 saturated carbocycles. The quantitative estimate of drug-likeness (QED) is 0.445. The van der Waals surface area contributed by atoms with E-state index in [1.807, 2.05) is 50.2 Å². The fraction of sp³-hybridized carbons (Fsp3) is 0.174. The van der Waals surface area contributed by atoms with Gasteiger partial charge in [0.2, 0.25) is 0 Å². The summed E-state index contributed by atoms with van der Waals surface area (Å²) in [7, 11) is 1.58. The molecular weight excluding hydrogens is 384 g/mol. The third kappa shape index (κ3) is 5.23. The lowest BCUT2D eigenvalue weighted by atomic mass is 10.1. The molecule has 148 valence electrons. The van der Waals surface area contributed by atoms with Gasteiger partial charge in [-0.3, -0.25) is 9.59 Å². The van der Waals surface area contributed by atoms with Crippen LogP contribution >= 0.6 is 11.8 Å². The van der Waals surface area contributed by atoms with Crippen molar-refractivity contribution < 1.29 is 14.3 Å². The molecule has 2 aromatic carbocycles. The molecule has 0 aliphatic heterocycles. The van der Waals surface area contributed by atoms with Crippen molar-refractivity contribution in [3.05, 3.63) is 83.0 Å². The molecule has 0 bridgehead atoms. The van der Waals surface area contributed by atoms with E-state index in [0.717, 1.165) is 11.3 Å². The SMILES string of the molecule is COc1ccc(C(=O)CSc2nc(C)cc(C)c2C(=O)Nc2ccccc2)cc1. The van der Waals surface area contributed by atoms with Crippen molar-refractivity contribution in [2.75, 3.05) is 18.2 Å². The molecule has 6 heteroatoms. The van der Waals surface area contributed by atoms with Crippen LogP contribution in [-0.4, -0.2) is 29.5 Å². The van der Waals surface area contributed by atoms with Crippen LogP contribution in [0.25, 0.3) is 0 Å². The van der Waals surface area contributed by atoms with Gasteiger partial charge in [0, 0.05) is 16.9 Å². The number of nitrogens with zero attached hydrogens (tertiary/aromatic N) is 1. The average molecular weight is 407 g/mol. The van der Waals surface area contributed by atoms with Crippen molar-refractivity contribution in [1.82, 2.24) is 4.98 Å². The van der Waals surface area contributed by atoms with E-state index in [0.29, 0.717) is 27.6 Å². The van der Waals surface area contributed by atoms with Gasteiger partial charge in [-0.05, 0) is 61.9 Å². The van der Waals surface area contributed by atoms with E-state index < -0.39 is 0 Å². The predicted molar refractivity (Wildman–Crippen MR) is 116 cm³/mol. The summed E-state index contributed by atoms with van der Waals surface area (Å²) in [5.41, 5.74) is 3.43. The molecule has 0 aliphatic carbocycles. The number of rotatable bonds is 7. The number of nitrogens with one attached hydrogen (secondary N) is 1. The molecule has 1 heterocycles. The van der Waals surface area contributed by atoms with Crippen LogP contribution in [0.15, 0.2) is 65.7 Å². The first kappa shape index (κ1) is 20.6. The summed E-state index contributed by atoms with van der Waals surface area (Å²) in [6.07, 6.45) is 0. The number of ether oxygens (including phenoxy) is 1. The third-order valence-electron chi connectivity index (χ3n) is 4.32. The Kier molecular flexibility index (Phi) is 6.67. The van der Waals surface area contributed by atoms with Gasteiger partial charge in [0.1, 0.15) is 10.8 Å². The maximum atomic E-state index is 12.9. The van der Waals surface area contributed by atoms with Gasteiger partial charge in [-0.15, -0.1) is 0 Å². The molecule has 5 nitrogen and oxygen atoms in total. The van der Waals surface area contributed by atoms with E-state index in [1.165, 1.54) is 11.8 Å². The average Bonchev–Trinajstić information content (AvgIpc) is 2.72. The van der Waals surface area contributed by atoms with Gasteiger partial charge >= 0.3 is 0 Å². The largest absolute Gasteiger partial charge is 0.497 e. The van der Waals surface area contributed by atoms with Crippen LogP contribution in [0.5, 0.6) is 5.75 Å². The number of methoxy groups -OCH3 is 1. The number of carbonyl (C=O) groups excluding carboxylic acids is 2. The van der Waals surface area contributed by atoms with Gasteiger partial charge in [-0.25, -0.2) is 4.98 Å². The highest BCUT2D eigenvalue weighted by atomic mass is 32.2. The van der Waals surface area contributed by atoms with Crippen molar-refractivity contribution in [2.24, 2.45) is 0 Å². The standard InChI is InChI=1S/C23H22N2O3S/c1-15-13-16(2)24-23(21(15)22(27)25-18-7-5-4-6-8-18)29-14-20(26)17-9-11-19(28-3)12-10-17/h4-13H,14H2,1-3H3,(H,25,27). The number of thioether (sulfide) groups is 1. The second-order valence-electron chi connectivity index (χ2n) is 6.52. The highest BCUT2D eigenvalue weighted by Crippen LogP contribution is 2.26. The Labute approximate surface area is 174 Å². The number of hydrogen-bond acceptors (Lipinski definition) is 5. The normalized spacial score (nSPS) is 10.4. The van der Waals surface area contributed by atoms with Crippen LogP contribution in [0.1, 0.15) is 32.0 Å². The van der Waals surface area contributed by atoms with Crippen molar-refractivity contribution in [1.29, 1.82) is 0 Å². The Morgan fingerprint density at radius 2 is 1.72 bits per heavy atom. The molecule has 0 saturated heterocycles. The number of Topliss-reactive ketones (excluding diaryl/α,β-unsaturated/α-hetero) is 1. The zero-order valence-electron chi connectivity index (χ0n) is 16.6. The molecule has 0 atom stereocenters. The molecule has 0 spiro atoms. The van der Waals surface area contributed by atoms with Gasteiger partial charge in [-0.2, -0.15) is 0 Å². The van der Waals surface area contributed by atoms with Gasteiger partial charge in [0.25, 0.3) is 5.91 Å². The third-order valence-corrected chi connectivity index (χ3v) is 5.30. The summed E-state index contributed by atoms with van der Waals surface area (Å²) in [5, 5.41) is 3.45. The number of hydrogen-bond donors (Lipinski definition) is 1. The van der Waals surface area contributed by atoms with Gasteiger partial charge < -0.3 is 10.1 Å². The summed E-state index contributed by atoms with van der Waals surface area (Å²) < 4.78 is 5.12. The minimum Gasteiger partial charge on any atom is -0.497 e. The van der Waals surface area contributed by atoms with Crippen molar-refractivity contribution in [3.8, 4) is 5.75 Å². The predicted octanol–water partition coefficient (Wildman–Crippen LogP) is 4.93. The van der Waals surface area contributed by atoms with Crippen LogP contribution in [0.4, 0.5) is 5.69 Å². The van der Waals surface area contributed by atoms with Crippen molar-refractivity contribution in [2.45, 2.75) is 18.9 Å². The van der Waals surface area contributed by atoms with Crippen LogP contribution in [0.2, 0.25) is 0 Å². The van der Waals surface area contributed by atoms with Crippen LogP contribution in [0, 0.1) is 13.8 Å². The number of pyridine rings is 1. The molecule has 0 aliphatic rings. The Balaban J connectivity index is 1.79. The summed E-state index contributed by atoms with van der Waals surface area (Å²) in [6.45, 7) is 3.76. The second kappa shape index (κ2) is 9.39. The fourth-order valence-electron chi connectivity index (χ4n) is 2.89. The highest BCUT2D eigenvalue weighted by Gasteiger charge is 2.19. The molecule has 1 N–H and O–H groups in total. The van der Waals surface area contributed by atoms with E-state index in [4.69, 9.17) is 4.74 Å². The van der Waals surface area contributed by atoms with E-state index in [9.17, 15) is 9.59 Å². The molecule has 3 rings (SSSR count). The number of aromatic nitrogens is 1. The Hall–Kier alpha value is -3.12. The first-order valence-corrected chi connectivity index (χ1v) is 10.1. The monoisotopic (exact) mass is 406 g/mol. The zero-order valence-corrected chi connectivity index (χ0v) is 17.4. The number of para-hydroxylation sites is 1. The van der Waals surface area contributed by atoms with Gasteiger partial charge in [0.15, 0.2) is 5.78 Å². The number of carbonyl (C=O) groups is 2. The molecule has 0 radical (unpaired) electrons. The Morgan fingerprint density at radius 3 is 2.38 bits per heavy atom. The van der Waals surface area contributed by atoms with E-state index >= 15 is 0 Å². The fourth-order valence-corrected chi connectivity index (χ4v) is 3.93. The molecular formula is C23H22N2O3S. The number of anilines is 1. The molecule has 1 aromatic heterocycles. The number of benzene rings is 2. The Bertz CT molecular complexity index is 1020. The zero-order chi connectivity index (χ0) is 20.8. The maximum Gasteiger partial charge on any atom is 0.258 e. The molecule has 0 fully saturated rings. The van der Waals surface area contributed by atoms with Crippen LogP contribution < -0.4 is 10.1 Å². The molecule has 0 unspecified atom stereocenters. The first-order chi connectivity index (χ1) is 14.0. The summed E-state index contributed by atoms with van der Waals surface area (Å²) in [4.78, 5) is 30.0. The minimum absolute atomic E-state index is 0.0342. The van der Waals surface area contributed by atoms with Crippen LogP contribution in [0.3, 0.4) is 0 Å². The number of amides is 1. The number of aryl methyl sites for hydroxylation is 2. The van der Waals surface area contributed by atoms with Gasteiger partial charge in [-0.1, -0.05) is 30.0 Å². The lowest BCUT2D eigenvalue weighted by Crippen LogP contribution is -2.16. The molecule has 1 amide bonds. The maximum absolute atomic E-state index is 12.9. The number of ketones is 1. The summed E-state index contributed by atoms with van der Waals surface area (Å²) >= 11 is 1.27. The lowest BCUT2D eigenvalue weighted by molar-refractivity contribution is 0.101. The van der Waals surface area contributed by atoms with Crippen molar-refractivity contribution in [3.63, 3.8) is 0 Å². The molecule has 29 heavy (non-hydrogen) atoms. The van der Waals surface area contributed by atoms with Gasteiger partial charge in [0.05, 0.1) is 18.4 Å². The van der Waals surface area contributed by atoms with Crippen LogP contribution in [-0.2, 0) is 0 Å². The molecule has 3 aromatic rings. The first-order valence-electron chi connectivity index (χ1n) is 9.12. The van der Waals surface area contributed by atoms with E-state index in [-0.39, 0.29) is 17.4 Å². The Morgan fingerprint density at radius 1 is 1.03 bits per heavy atom. The summed E-state index contributed by atoms with van der Waals surface area (Å²) in [6, 6.07) is 18.1. The second-order valence-corrected chi connectivity index (χ2v) is 7.49. The van der Waals surface area contributed by atoms with E-state index in [1.54, 1.807) is 31.4 Å².